The summed E-state index contributed by atoms with van der Waals surface area (Å²) in [6.45, 7) is 5.09. The molecule has 0 radical (unpaired) electrons. The van der Waals surface area contributed by atoms with Crippen molar-refractivity contribution in [1.29, 1.82) is 0 Å². The Bertz CT molecular complexity index is 454. The third-order valence-electron chi connectivity index (χ3n) is 4.58. The molecular formula is C16H27N3O2. The molecule has 1 aliphatic rings. The minimum absolute atomic E-state index is 0.182. The quantitative estimate of drug-likeness (QED) is 0.811. The standard InChI is InChI=1S/C16H27N3O2/c1-3-15(4-2)19-9-8-14(18-19)11-17-13-7-5-6-12(10-13)16(20)21/h8-9,12-13,15,17H,3-7,10-11H2,1-2H3,(H,20,21). The van der Waals surface area contributed by atoms with Crippen molar-refractivity contribution in [2.24, 2.45) is 5.92 Å². The third kappa shape index (κ3) is 4.30. The van der Waals surface area contributed by atoms with Crippen molar-refractivity contribution in [2.45, 2.75) is 71.0 Å². The van der Waals surface area contributed by atoms with Gasteiger partial charge in [-0.25, -0.2) is 0 Å². The van der Waals surface area contributed by atoms with Gasteiger partial charge in [-0.2, -0.15) is 5.10 Å². The topological polar surface area (TPSA) is 67.2 Å². The molecule has 1 fully saturated rings. The molecule has 2 rings (SSSR count). The summed E-state index contributed by atoms with van der Waals surface area (Å²) in [6, 6.07) is 2.84. The van der Waals surface area contributed by atoms with Gasteiger partial charge in [-0.05, 0) is 38.2 Å². The molecule has 2 atom stereocenters. The van der Waals surface area contributed by atoms with Gasteiger partial charge >= 0.3 is 5.97 Å². The fraction of sp³-hybridized carbons (Fsp3) is 0.750. The summed E-state index contributed by atoms with van der Waals surface area (Å²) < 4.78 is 2.05. The molecule has 0 aromatic carbocycles. The number of carboxylic acid groups (broad SMARTS) is 1. The zero-order valence-corrected chi connectivity index (χ0v) is 13.1. The monoisotopic (exact) mass is 293 g/mol. The molecule has 0 saturated heterocycles. The number of carboxylic acids is 1. The molecule has 1 aromatic heterocycles. The highest BCUT2D eigenvalue weighted by molar-refractivity contribution is 5.70. The van der Waals surface area contributed by atoms with Crippen molar-refractivity contribution in [3.63, 3.8) is 0 Å². The van der Waals surface area contributed by atoms with E-state index in [9.17, 15) is 4.79 Å². The van der Waals surface area contributed by atoms with Crippen LogP contribution < -0.4 is 5.32 Å². The normalized spacial score (nSPS) is 22.6. The van der Waals surface area contributed by atoms with E-state index in [1.54, 1.807) is 0 Å². The van der Waals surface area contributed by atoms with E-state index in [2.05, 4.69) is 41.2 Å². The lowest BCUT2D eigenvalue weighted by molar-refractivity contribution is -0.143. The van der Waals surface area contributed by atoms with E-state index >= 15 is 0 Å². The first-order valence-corrected chi connectivity index (χ1v) is 8.14. The summed E-state index contributed by atoms with van der Waals surface area (Å²) in [5.74, 6) is -0.835. The maximum Gasteiger partial charge on any atom is 0.306 e. The van der Waals surface area contributed by atoms with E-state index in [1.165, 1.54) is 0 Å². The van der Waals surface area contributed by atoms with Crippen LogP contribution in [-0.2, 0) is 11.3 Å². The summed E-state index contributed by atoms with van der Waals surface area (Å²) >= 11 is 0. The number of hydrogen-bond donors (Lipinski definition) is 2. The molecule has 1 heterocycles. The number of aliphatic carboxylic acids is 1. The highest BCUT2D eigenvalue weighted by Crippen LogP contribution is 2.24. The molecule has 1 aromatic rings. The zero-order valence-electron chi connectivity index (χ0n) is 13.1. The molecular weight excluding hydrogens is 266 g/mol. The summed E-state index contributed by atoms with van der Waals surface area (Å²) in [7, 11) is 0. The molecule has 5 heteroatoms. The second-order valence-corrected chi connectivity index (χ2v) is 6.04. The predicted octanol–water partition coefficient (Wildman–Crippen LogP) is 2.98. The van der Waals surface area contributed by atoms with Crippen LogP contribution in [0.5, 0.6) is 0 Å². The number of nitrogens with zero attached hydrogens (tertiary/aromatic N) is 2. The fourth-order valence-electron chi connectivity index (χ4n) is 3.19. The first-order valence-electron chi connectivity index (χ1n) is 8.14. The lowest BCUT2D eigenvalue weighted by Crippen LogP contribution is -2.36. The van der Waals surface area contributed by atoms with E-state index in [-0.39, 0.29) is 5.92 Å². The average molecular weight is 293 g/mol. The van der Waals surface area contributed by atoms with E-state index in [0.29, 0.717) is 12.1 Å². The Kier molecular flexibility index (Phi) is 5.79. The van der Waals surface area contributed by atoms with E-state index < -0.39 is 5.97 Å². The first-order chi connectivity index (χ1) is 10.1. The van der Waals surface area contributed by atoms with Crippen LogP contribution in [0.4, 0.5) is 0 Å². The Morgan fingerprint density at radius 2 is 2.24 bits per heavy atom. The minimum atomic E-state index is -0.653. The molecule has 2 unspecified atom stereocenters. The van der Waals surface area contributed by atoms with Crippen molar-refractivity contribution >= 4 is 5.97 Å². The molecule has 118 valence electrons. The Balaban J connectivity index is 1.84. The smallest absolute Gasteiger partial charge is 0.306 e. The van der Waals surface area contributed by atoms with Gasteiger partial charge in [0.2, 0.25) is 0 Å². The molecule has 1 aliphatic carbocycles. The minimum Gasteiger partial charge on any atom is -0.481 e. The van der Waals surface area contributed by atoms with Gasteiger partial charge in [0.05, 0.1) is 17.7 Å². The van der Waals surface area contributed by atoms with Crippen LogP contribution >= 0.6 is 0 Å². The zero-order chi connectivity index (χ0) is 15.2. The highest BCUT2D eigenvalue weighted by atomic mass is 16.4. The van der Waals surface area contributed by atoms with Gasteiger partial charge in [-0.3, -0.25) is 9.48 Å². The van der Waals surface area contributed by atoms with Crippen LogP contribution in [0.25, 0.3) is 0 Å². The van der Waals surface area contributed by atoms with Crippen LogP contribution in [0.15, 0.2) is 12.3 Å². The number of aromatic nitrogens is 2. The maximum absolute atomic E-state index is 11.1. The van der Waals surface area contributed by atoms with Gasteiger partial charge in [0.15, 0.2) is 0 Å². The van der Waals surface area contributed by atoms with Crippen LogP contribution in [0.3, 0.4) is 0 Å². The SMILES string of the molecule is CCC(CC)n1ccc(CNC2CCCC(C(=O)O)C2)n1. The second kappa shape index (κ2) is 7.59. The molecule has 0 amide bonds. The predicted molar refractivity (Wildman–Crippen MR) is 82.1 cm³/mol. The third-order valence-corrected chi connectivity index (χ3v) is 4.58. The highest BCUT2D eigenvalue weighted by Gasteiger charge is 2.26. The Labute approximate surface area is 126 Å². The van der Waals surface area contributed by atoms with E-state index in [1.807, 2.05) is 0 Å². The summed E-state index contributed by atoms with van der Waals surface area (Å²) in [6.07, 6.45) is 7.85. The van der Waals surface area contributed by atoms with Gasteiger partial charge in [0, 0.05) is 18.8 Å². The van der Waals surface area contributed by atoms with Crippen LogP contribution in [0.2, 0.25) is 0 Å². The van der Waals surface area contributed by atoms with Gasteiger partial charge in [0.1, 0.15) is 0 Å². The largest absolute Gasteiger partial charge is 0.481 e. The fourth-order valence-corrected chi connectivity index (χ4v) is 3.19. The van der Waals surface area contributed by atoms with E-state index in [0.717, 1.165) is 50.8 Å². The lowest BCUT2D eigenvalue weighted by atomic mass is 9.86. The molecule has 21 heavy (non-hydrogen) atoms. The Morgan fingerprint density at radius 3 is 2.90 bits per heavy atom. The van der Waals surface area contributed by atoms with Gasteiger partial charge in [0.25, 0.3) is 0 Å². The summed E-state index contributed by atoms with van der Waals surface area (Å²) in [5.41, 5.74) is 1.04. The number of nitrogens with one attached hydrogen (secondary N) is 1. The maximum atomic E-state index is 11.1. The molecule has 2 N–H and O–H groups in total. The molecule has 1 saturated carbocycles. The van der Waals surface area contributed by atoms with Crippen molar-refractivity contribution in [3.8, 4) is 0 Å². The Hall–Kier alpha value is -1.36. The van der Waals surface area contributed by atoms with Gasteiger partial charge < -0.3 is 10.4 Å². The van der Waals surface area contributed by atoms with Crippen molar-refractivity contribution in [3.05, 3.63) is 18.0 Å². The van der Waals surface area contributed by atoms with Gasteiger partial charge in [-0.1, -0.05) is 20.3 Å². The molecule has 0 spiro atoms. The number of hydrogen-bond acceptors (Lipinski definition) is 3. The van der Waals surface area contributed by atoms with Crippen LogP contribution in [0.1, 0.15) is 64.1 Å². The van der Waals surface area contributed by atoms with Crippen LogP contribution in [-0.4, -0.2) is 26.9 Å². The summed E-state index contributed by atoms with van der Waals surface area (Å²) in [5, 5.41) is 17.2. The molecule has 5 nitrogen and oxygen atoms in total. The number of carbonyl (C=O) groups is 1. The molecule has 0 aliphatic heterocycles. The average Bonchev–Trinajstić information content (AvgIpc) is 2.95. The van der Waals surface area contributed by atoms with E-state index in [4.69, 9.17) is 5.11 Å². The second-order valence-electron chi connectivity index (χ2n) is 6.04. The van der Waals surface area contributed by atoms with Gasteiger partial charge in [-0.15, -0.1) is 0 Å². The molecule has 0 bridgehead atoms. The number of rotatable bonds is 7. The van der Waals surface area contributed by atoms with Crippen LogP contribution in [0, 0.1) is 5.92 Å². The van der Waals surface area contributed by atoms with Crippen molar-refractivity contribution in [1.82, 2.24) is 15.1 Å². The summed E-state index contributed by atoms with van der Waals surface area (Å²) in [4.78, 5) is 11.1. The van der Waals surface area contributed by atoms with Crippen molar-refractivity contribution < 1.29 is 9.90 Å². The first kappa shape index (κ1) is 16.0. The Morgan fingerprint density at radius 1 is 1.48 bits per heavy atom. The lowest BCUT2D eigenvalue weighted by Gasteiger charge is -2.27. The van der Waals surface area contributed by atoms with Crippen molar-refractivity contribution in [2.75, 3.05) is 0 Å².